The van der Waals surface area contributed by atoms with Crippen LogP contribution in [0.4, 0.5) is 10.1 Å². The van der Waals surface area contributed by atoms with E-state index in [4.69, 9.17) is 9.47 Å². The van der Waals surface area contributed by atoms with Crippen LogP contribution in [0.1, 0.15) is 10.4 Å². The predicted octanol–water partition coefficient (Wildman–Crippen LogP) is 3.86. The first-order chi connectivity index (χ1) is 10.1. The number of ether oxygens (including phenoxy) is 2. The van der Waals surface area contributed by atoms with Crippen LogP contribution < -0.4 is 14.8 Å². The van der Waals surface area contributed by atoms with Crippen molar-refractivity contribution in [3.8, 4) is 11.5 Å². The third-order valence-electron chi connectivity index (χ3n) is 2.84. The van der Waals surface area contributed by atoms with E-state index in [2.05, 4.69) is 21.2 Å². The van der Waals surface area contributed by atoms with Crippen LogP contribution in [0.15, 0.2) is 40.9 Å². The lowest BCUT2D eigenvalue weighted by Gasteiger charge is -2.12. The molecule has 2 aromatic rings. The van der Waals surface area contributed by atoms with E-state index in [0.717, 1.165) is 0 Å². The Hall–Kier alpha value is -2.08. The fraction of sp³-hybridized carbons (Fsp3) is 0.133. The topological polar surface area (TPSA) is 47.6 Å². The molecule has 2 rings (SSSR count). The van der Waals surface area contributed by atoms with E-state index in [1.165, 1.54) is 26.4 Å². The van der Waals surface area contributed by atoms with E-state index in [0.29, 0.717) is 16.0 Å². The summed E-state index contributed by atoms with van der Waals surface area (Å²) in [6, 6.07) is 9.10. The van der Waals surface area contributed by atoms with Crippen LogP contribution in [0, 0.1) is 5.82 Å². The van der Waals surface area contributed by atoms with Crippen molar-refractivity contribution < 1.29 is 18.7 Å². The number of halogens is 2. The number of rotatable bonds is 4. The lowest BCUT2D eigenvalue weighted by atomic mass is 10.1. The van der Waals surface area contributed by atoms with Gasteiger partial charge in [-0.1, -0.05) is 12.1 Å². The fourth-order valence-electron chi connectivity index (χ4n) is 1.79. The molecule has 0 saturated heterocycles. The van der Waals surface area contributed by atoms with Crippen molar-refractivity contribution in [1.82, 2.24) is 0 Å². The van der Waals surface area contributed by atoms with Gasteiger partial charge in [0.15, 0.2) is 0 Å². The summed E-state index contributed by atoms with van der Waals surface area (Å²) >= 11 is 3.30. The van der Waals surface area contributed by atoms with Crippen molar-refractivity contribution in [3.05, 3.63) is 52.3 Å². The molecule has 0 unspecified atom stereocenters. The molecule has 1 N–H and O–H groups in total. The number of methoxy groups -OCH3 is 2. The van der Waals surface area contributed by atoms with Crippen LogP contribution in [0.25, 0.3) is 0 Å². The highest BCUT2D eigenvalue weighted by atomic mass is 79.9. The molecule has 0 aromatic heterocycles. The van der Waals surface area contributed by atoms with Gasteiger partial charge in [0.1, 0.15) is 17.3 Å². The van der Waals surface area contributed by atoms with Gasteiger partial charge in [-0.05, 0) is 34.1 Å². The molecule has 0 spiro atoms. The zero-order valence-corrected chi connectivity index (χ0v) is 13.0. The Balaban J connectivity index is 2.35. The maximum atomic E-state index is 13.6. The molecule has 0 aliphatic rings. The van der Waals surface area contributed by atoms with Crippen LogP contribution in [0.5, 0.6) is 11.5 Å². The molecule has 0 heterocycles. The summed E-state index contributed by atoms with van der Waals surface area (Å²) in [4.78, 5) is 12.3. The molecule has 0 aliphatic heterocycles. The smallest absolute Gasteiger partial charge is 0.259 e. The first-order valence-corrected chi connectivity index (χ1v) is 6.83. The maximum absolute atomic E-state index is 13.6. The summed E-state index contributed by atoms with van der Waals surface area (Å²) < 4.78 is 24.5. The maximum Gasteiger partial charge on any atom is 0.259 e. The van der Waals surface area contributed by atoms with Gasteiger partial charge in [0.2, 0.25) is 0 Å². The lowest BCUT2D eigenvalue weighted by molar-refractivity contribution is 0.102. The Bertz CT molecular complexity index is 676. The van der Waals surface area contributed by atoms with Gasteiger partial charge in [0, 0.05) is 6.07 Å². The molecule has 110 valence electrons. The zero-order valence-electron chi connectivity index (χ0n) is 11.4. The number of carbonyl (C=O) groups is 1. The highest BCUT2D eigenvalue weighted by molar-refractivity contribution is 9.10. The number of hydrogen-bond donors (Lipinski definition) is 1. The van der Waals surface area contributed by atoms with Crippen molar-refractivity contribution in [2.24, 2.45) is 0 Å². The first-order valence-electron chi connectivity index (χ1n) is 6.04. The van der Waals surface area contributed by atoms with E-state index >= 15 is 0 Å². The second-order valence-corrected chi connectivity index (χ2v) is 4.98. The minimum atomic E-state index is -0.502. The largest absolute Gasteiger partial charge is 0.496 e. The summed E-state index contributed by atoms with van der Waals surface area (Å²) in [6.07, 6.45) is 0. The third kappa shape index (κ3) is 3.33. The Labute approximate surface area is 130 Å². The minimum absolute atomic E-state index is 0.108. The molecule has 2 aromatic carbocycles. The van der Waals surface area contributed by atoms with E-state index in [1.807, 2.05) is 0 Å². The number of amides is 1. The van der Waals surface area contributed by atoms with Crippen LogP contribution in [-0.2, 0) is 0 Å². The van der Waals surface area contributed by atoms with Crippen molar-refractivity contribution in [2.45, 2.75) is 0 Å². The molecule has 0 aliphatic carbocycles. The van der Waals surface area contributed by atoms with Crippen molar-refractivity contribution >= 4 is 27.5 Å². The van der Waals surface area contributed by atoms with Gasteiger partial charge in [-0.3, -0.25) is 4.79 Å². The molecule has 1 amide bonds. The molecule has 21 heavy (non-hydrogen) atoms. The molecule has 6 heteroatoms. The Kier molecular flexibility index (Phi) is 4.80. The molecule has 0 atom stereocenters. The molecule has 0 saturated carbocycles. The minimum Gasteiger partial charge on any atom is -0.496 e. The van der Waals surface area contributed by atoms with E-state index in [9.17, 15) is 9.18 Å². The van der Waals surface area contributed by atoms with Gasteiger partial charge >= 0.3 is 0 Å². The molecular formula is C15H13BrFNO3. The Morgan fingerprint density at radius 3 is 2.43 bits per heavy atom. The van der Waals surface area contributed by atoms with Crippen LogP contribution >= 0.6 is 15.9 Å². The highest BCUT2D eigenvalue weighted by Gasteiger charge is 2.17. The van der Waals surface area contributed by atoms with E-state index in [1.54, 1.807) is 24.3 Å². The van der Waals surface area contributed by atoms with E-state index in [-0.39, 0.29) is 11.3 Å². The number of benzene rings is 2. The van der Waals surface area contributed by atoms with Crippen LogP contribution in [-0.4, -0.2) is 20.1 Å². The fourth-order valence-corrected chi connectivity index (χ4v) is 2.29. The average molecular weight is 354 g/mol. The number of anilines is 1. The summed E-state index contributed by atoms with van der Waals surface area (Å²) in [5.74, 6) is -0.101. The van der Waals surface area contributed by atoms with Gasteiger partial charge in [0.25, 0.3) is 5.91 Å². The number of para-hydroxylation sites is 1. The van der Waals surface area contributed by atoms with Gasteiger partial charge in [-0.2, -0.15) is 0 Å². The predicted molar refractivity (Wildman–Crippen MR) is 81.6 cm³/mol. The van der Waals surface area contributed by atoms with Gasteiger partial charge in [0.05, 0.1) is 29.9 Å². The van der Waals surface area contributed by atoms with Crippen LogP contribution in [0.3, 0.4) is 0 Å². The van der Waals surface area contributed by atoms with Gasteiger partial charge < -0.3 is 14.8 Å². The SMILES string of the molecule is COc1cc(OC)c(C(=O)Nc2ccccc2F)cc1Br. The molecular weight excluding hydrogens is 341 g/mol. The molecule has 4 nitrogen and oxygen atoms in total. The number of hydrogen-bond acceptors (Lipinski definition) is 3. The molecule has 0 fully saturated rings. The molecule has 0 radical (unpaired) electrons. The monoisotopic (exact) mass is 353 g/mol. The standard InChI is InChI=1S/C15H13BrFNO3/c1-20-13-8-14(21-2)10(16)7-9(13)15(19)18-12-6-4-3-5-11(12)17/h3-8H,1-2H3,(H,18,19). The normalized spacial score (nSPS) is 10.1. The quantitative estimate of drug-likeness (QED) is 0.907. The van der Waals surface area contributed by atoms with Crippen molar-refractivity contribution in [2.75, 3.05) is 19.5 Å². The van der Waals surface area contributed by atoms with Crippen molar-refractivity contribution in [3.63, 3.8) is 0 Å². The Morgan fingerprint density at radius 1 is 1.14 bits per heavy atom. The third-order valence-corrected chi connectivity index (χ3v) is 3.46. The average Bonchev–Trinajstić information content (AvgIpc) is 2.49. The van der Waals surface area contributed by atoms with Gasteiger partial charge in [-0.15, -0.1) is 0 Å². The highest BCUT2D eigenvalue weighted by Crippen LogP contribution is 2.33. The Morgan fingerprint density at radius 2 is 1.81 bits per heavy atom. The van der Waals surface area contributed by atoms with Gasteiger partial charge in [-0.25, -0.2) is 4.39 Å². The summed E-state index contributed by atoms with van der Waals surface area (Å²) in [6.45, 7) is 0. The summed E-state index contributed by atoms with van der Waals surface area (Å²) in [5.41, 5.74) is 0.380. The van der Waals surface area contributed by atoms with E-state index < -0.39 is 11.7 Å². The second kappa shape index (κ2) is 6.58. The zero-order chi connectivity index (χ0) is 15.4. The number of carbonyl (C=O) groups excluding carboxylic acids is 1. The first kappa shape index (κ1) is 15.3. The van der Waals surface area contributed by atoms with Crippen molar-refractivity contribution in [1.29, 1.82) is 0 Å². The molecule has 0 bridgehead atoms. The van der Waals surface area contributed by atoms with Crippen LogP contribution in [0.2, 0.25) is 0 Å². The number of nitrogens with one attached hydrogen (secondary N) is 1. The summed E-state index contributed by atoms with van der Waals surface area (Å²) in [7, 11) is 2.96. The summed E-state index contributed by atoms with van der Waals surface area (Å²) in [5, 5.41) is 2.51. The second-order valence-electron chi connectivity index (χ2n) is 4.12. The lowest BCUT2D eigenvalue weighted by Crippen LogP contribution is -2.14.